The van der Waals surface area contributed by atoms with E-state index in [1.165, 1.54) is 0 Å². The third-order valence-corrected chi connectivity index (χ3v) is 4.08. The topological polar surface area (TPSA) is 90.7 Å². The number of nitrogens with one attached hydrogen (secondary N) is 1. The monoisotopic (exact) mass is 346 g/mol. The molecule has 0 unspecified atom stereocenters. The SMILES string of the molecule is NC(=O)CO[C@H]1COCC[C@@H]1NC(=O)c1cccc(Cl)c1Cl. The predicted molar refractivity (Wildman–Crippen MR) is 82.1 cm³/mol. The van der Waals surface area contributed by atoms with Crippen LogP contribution in [0, 0.1) is 0 Å². The second-order valence-electron chi connectivity index (χ2n) is 4.86. The van der Waals surface area contributed by atoms with Crippen molar-refractivity contribution >= 4 is 35.0 Å². The van der Waals surface area contributed by atoms with Crippen LogP contribution in [0.5, 0.6) is 0 Å². The minimum absolute atomic E-state index is 0.198. The van der Waals surface area contributed by atoms with E-state index in [9.17, 15) is 9.59 Å². The first-order valence-corrected chi connectivity index (χ1v) is 7.47. The molecule has 1 aromatic carbocycles. The molecule has 2 atom stereocenters. The summed E-state index contributed by atoms with van der Waals surface area (Å²) in [6.45, 7) is 0.546. The van der Waals surface area contributed by atoms with Gasteiger partial charge < -0.3 is 20.5 Å². The molecular formula is C14H16Cl2N2O4. The number of hydrogen-bond acceptors (Lipinski definition) is 4. The Kier molecular flexibility index (Phi) is 6.02. The lowest BCUT2D eigenvalue weighted by atomic mass is 10.1. The minimum Gasteiger partial charge on any atom is -0.379 e. The van der Waals surface area contributed by atoms with Gasteiger partial charge in [0.1, 0.15) is 12.7 Å². The maximum Gasteiger partial charge on any atom is 0.253 e. The summed E-state index contributed by atoms with van der Waals surface area (Å²) in [7, 11) is 0. The van der Waals surface area contributed by atoms with Crippen LogP contribution in [-0.2, 0) is 14.3 Å². The molecule has 2 rings (SSSR count). The number of rotatable bonds is 5. The molecule has 1 heterocycles. The first-order valence-electron chi connectivity index (χ1n) is 6.71. The number of amides is 2. The Morgan fingerprint density at radius 1 is 1.41 bits per heavy atom. The van der Waals surface area contributed by atoms with E-state index < -0.39 is 12.0 Å². The van der Waals surface area contributed by atoms with Crippen molar-refractivity contribution < 1.29 is 19.1 Å². The van der Waals surface area contributed by atoms with Crippen LogP contribution in [0.1, 0.15) is 16.8 Å². The van der Waals surface area contributed by atoms with E-state index in [0.29, 0.717) is 18.1 Å². The second kappa shape index (κ2) is 7.78. The highest BCUT2D eigenvalue weighted by Crippen LogP contribution is 2.25. The lowest BCUT2D eigenvalue weighted by Crippen LogP contribution is -2.50. The van der Waals surface area contributed by atoms with Gasteiger partial charge in [-0.1, -0.05) is 29.3 Å². The highest BCUT2D eigenvalue weighted by Gasteiger charge is 2.29. The van der Waals surface area contributed by atoms with Crippen LogP contribution in [0.2, 0.25) is 10.0 Å². The maximum absolute atomic E-state index is 12.3. The number of benzene rings is 1. The molecule has 0 radical (unpaired) electrons. The first-order chi connectivity index (χ1) is 10.5. The standard InChI is InChI=1S/C14H16Cl2N2O4/c15-9-3-1-2-8(13(9)16)14(20)18-10-4-5-21-6-11(10)22-7-12(17)19/h1-3,10-11H,4-7H2,(H2,17,19)(H,18,20)/t10-,11-/m0/s1. The van der Waals surface area contributed by atoms with Crippen molar-refractivity contribution in [3.05, 3.63) is 33.8 Å². The summed E-state index contributed by atoms with van der Waals surface area (Å²) in [4.78, 5) is 23.1. The average Bonchev–Trinajstić information content (AvgIpc) is 2.49. The molecule has 22 heavy (non-hydrogen) atoms. The van der Waals surface area contributed by atoms with Crippen molar-refractivity contribution in [3.8, 4) is 0 Å². The summed E-state index contributed by atoms with van der Waals surface area (Å²) < 4.78 is 10.7. The number of carbonyl (C=O) groups excluding carboxylic acids is 2. The summed E-state index contributed by atoms with van der Waals surface area (Å²) >= 11 is 11.9. The number of ether oxygens (including phenoxy) is 2. The number of halogens is 2. The van der Waals surface area contributed by atoms with Gasteiger partial charge in [-0.2, -0.15) is 0 Å². The summed E-state index contributed by atoms with van der Waals surface area (Å²) in [6, 6.07) is 4.54. The maximum atomic E-state index is 12.3. The van der Waals surface area contributed by atoms with Crippen molar-refractivity contribution in [2.75, 3.05) is 19.8 Å². The zero-order chi connectivity index (χ0) is 16.1. The smallest absolute Gasteiger partial charge is 0.253 e. The van der Waals surface area contributed by atoms with Crippen molar-refractivity contribution in [2.24, 2.45) is 5.73 Å². The molecule has 1 fully saturated rings. The Hall–Kier alpha value is -1.34. The molecular weight excluding hydrogens is 331 g/mol. The molecule has 1 saturated heterocycles. The van der Waals surface area contributed by atoms with Crippen molar-refractivity contribution in [2.45, 2.75) is 18.6 Å². The first kappa shape index (κ1) is 17.0. The van der Waals surface area contributed by atoms with Gasteiger partial charge in [0.25, 0.3) is 5.91 Å². The molecule has 0 aliphatic carbocycles. The van der Waals surface area contributed by atoms with Gasteiger partial charge in [-0.25, -0.2) is 0 Å². The largest absolute Gasteiger partial charge is 0.379 e. The lowest BCUT2D eigenvalue weighted by molar-refractivity contribution is -0.129. The fourth-order valence-electron chi connectivity index (χ4n) is 2.16. The fourth-order valence-corrected chi connectivity index (χ4v) is 2.54. The Morgan fingerprint density at radius 3 is 2.91 bits per heavy atom. The van der Waals surface area contributed by atoms with E-state index >= 15 is 0 Å². The number of carbonyl (C=O) groups is 2. The molecule has 0 bridgehead atoms. The van der Waals surface area contributed by atoms with Crippen molar-refractivity contribution in [3.63, 3.8) is 0 Å². The molecule has 1 aliphatic rings. The van der Waals surface area contributed by atoms with Gasteiger partial charge in [-0.05, 0) is 18.6 Å². The Morgan fingerprint density at radius 2 is 2.18 bits per heavy atom. The molecule has 0 aromatic heterocycles. The highest BCUT2D eigenvalue weighted by molar-refractivity contribution is 6.43. The number of hydrogen-bond donors (Lipinski definition) is 2. The quantitative estimate of drug-likeness (QED) is 0.842. The van der Waals surface area contributed by atoms with E-state index in [-0.39, 0.29) is 35.7 Å². The van der Waals surface area contributed by atoms with Gasteiger partial charge in [-0.3, -0.25) is 9.59 Å². The molecule has 0 saturated carbocycles. The third kappa shape index (κ3) is 4.33. The van der Waals surface area contributed by atoms with E-state index in [2.05, 4.69) is 5.32 Å². The summed E-state index contributed by atoms with van der Waals surface area (Å²) in [5, 5.41) is 3.34. The molecule has 8 heteroatoms. The summed E-state index contributed by atoms with van der Waals surface area (Å²) in [5.74, 6) is -0.930. The van der Waals surface area contributed by atoms with Gasteiger partial charge in [0.15, 0.2) is 0 Å². The Balaban J connectivity index is 2.04. The molecule has 3 N–H and O–H groups in total. The van der Waals surface area contributed by atoms with Crippen LogP contribution in [0.15, 0.2) is 18.2 Å². The van der Waals surface area contributed by atoms with Crippen LogP contribution in [0.3, 0.4) is 0 Å². The van der Waals surface area contributed by atoms with Gasteiger partial charge in [0.2, 0.25) is 5.91 Å². The van der Waals surface area contributed by atoms with Crippen molar-refractivity contribution in [1.29, 1.82) is 0 Å². The normalized spacial score (nSPS) is 21.4. The third-order valence-electron chi connectivity index (χ3n) is 3.26. The minimum atomic E-state index is -0.575. The Bertz CT molecular complexity index is 568. The molecule has 120 valence electrons. The zero-order valence-corrected chi connectivity index (χ0v) is 13.2. The second-order valence-corrected chi connectivity index (χ2v) is 5.65. The van der Waals surface area contributed by atoms with E-state index in [1.54, 1.807) is 18.2 Å². The van der Waals surface area contributed by atoms with Crippen molar-refractivity contribution in [1.82, 2.24) is 5.32 Å². The summed E-state index contributed by atoms with van der Waals surface area (Å²) in [6.07, 6.45) is 0.121. The number of primary amides is 1. The van der Waals surface area contributed by atoms with Gasteiger partial charge in [-0.15, -0.1) is 0 Å². The van der Waals surface area contributed by atoms with Crippen LogP contribution in [-0.4, -0.2) is 43.8 Å². The van der Waals surface area contributed by atoms with E-state index in [4.69, 9.17) is 38.4 Å². The van der Waals surface area contributed by atoms with Gasteiger partial charge >= 0.3 is 0 Å². The highest BCUT2D eigenvalue weighted by atomic mass is 35.5. The number of nitrogens with two attached hydrogens (primary N) is 1. The zero-order valence-electron chi connectivity index (χ0n) is 11.7. The predicted octanol–water partition coefficient (Wildman–Crippen LogP) is 1.38. The summed E-state index contributed by atoms with van der Waals surface area (Å²) in [5.41, 5.74) is 5.35. The molecule has 1 aliphatic heterocycles. The Labute approximate surface area is 137 Å². The average molecular weight is 347 g/mol. The van der Waals surface area contributed by atoms with Gasteiger partial charge in [0, 0.05) is 6.61 Å². The van der Waals surface area contributed by atoms with Gasteiger partial charge in [0.05, 0.1) is 28.3 Å². The van der Waals surface area contributed by atoms with Crippen LogP contribution < -0.4 is 11.1 Å². The van der Waals surface area contributed by atoms with E-state index in [1.807, 2.05) is 0 Å². The van der Waals surface area contributed by atoms with E-state index in [0.717, 1.165) is 0 Å². The van der Waals surface area contributed by atoms with Crippen LogP contribution >= 0.6 is 23.2 Å². The van der Waals surface area contributed by atoms with Crippen LogP contribution in [0.25, 0.3) is 0 Å². The molecule has 2 amide bonds. The van der Waals surface area contributed by atoms with Crippen LogP contribution in [0.4, 0.5) is 0 Å². The fraction of sp³-hybridized carbons (Fsp3) is 0.429. The lowest BCUT2D eigenvalue weighted by Gasteiger charge is -2.31. The molecule has 1 aromatic rings. The molecule has 0 spiro atoms. The molecule has 6 nitrogen and oxygen atoms in total.